The Morgan fingerprint density at radius 3 is 2.50 bits per heavy atom. The number of nitrogens with one attached hydrogen (secondary N) is 1. The molecule has 0 aliphatic rings. The molecule has 2 unspecified atom stereocenters. The summed E-state index contributed by atoms with van der Waals surface area (Å²) in [6.45, 7) is 4.29. The average Bonchev–Trinajstić information content (AvgIpc) is 2.62. The first-order valence-corrected chi connectivity index (χ1v) is 7.85. The second-order valence-corrected chi connectivity index (χ2v) is 5.20. The summed E-state index contributed by atoms with van der Waals surface area (Å²) < 4.78 is 5.31. The van der Waals surface area contributed by atoms with Gasteiger partial charge in [-0.3, -0.25) is 4.79 Å². The Bertz CT molecular complexity index is 572. The minimum Gasteiger partial charge on any atom is -0.380 e. The molecule has 24 heavy (non-hydrogen) atoms. The first-order chi connectivity index (χ1) is 11.5. The normalized spacial score (nSPS) is 13.3. The monoisotopic (exact) mass is 332 g/mol. The van der Waals surface area contributed by atoms with Crippen LogP contribution in [0.25, 0.3) is 6.08 Å². The molecule has 0 bridgehead atoms. The van der Waals surface area contributed by atoms with Crippen LogP contribution in [0.2, 0.25) is 0 Å². The van der Waals surface area contributed by atoms with E-state index in [0.717, 1.165) is 5.56 Å². The van der Waals surface area contributed by atoms with Crippen molar-refractivity contribution in [3.63, 3.8) is 0 Å². The van der Waals surface area contributed by atoms with E-state index in [2.05, 4.69) is 5.32 Å². The number of hydrogen-bond acceptors (Lipinski definition) is 4. The molecule has 0 spiro atoms. The number of carbonyl (C=O) groups is 3. The van der Waals surface area contributed by atoms with Crippen LogP contribution in [-0.2, 0) is 14.3 Å². The van der Waals surface area contributed by atoms with Gasteiger partial charge in [0.15, 0.2) is 18.1 Å². The summed E-state index contributed by atoms with van der Waals surface area (Å²) in [7, 11) is 1.45. The fourth-order valence-corrected chi connectivity index (χ4v) is 2.21. The van der Waals surface area contributed by atoms with E-state index in [-0.39, 0.29) is 6.61 Å². The Balaban J connectivity index is 2.95. The zero-order valence-electron chi connectivity index (χ0n) is 14.3. The molecule has 0 saturated carbocycles. The minimum atomic E-state index is -1.19. The topological polar surface area (TPSA) is 75.7 Å². The lowest BCUT2D eigenvalue weighted by Gasteiger charge is -2.31. The van der Waals surface area contributed by atoms with Gasteiger partial charge in [-0.15, -0.1) is 0 Å². The lowest BCUT2D eigenvalue weighted by atomic mass is 10.1. The molecular formula is C18H24N2O4. The van der Waals surface area contributed by atoms with Crippen LogP contribution in [-0.4, -0.2) is 55.3 Å². The van der Waals surface area contributed by atoms with Crippen molar-refractivity contribution in [2.75, 3.05) is 20.3 Å². The highest BCUT2D eigenvalue weighted by molar-refractivity contribution is 6.08. The van der Waals surface area contributed by atoms with Gasteiger partial charge in [0.1, 0.15) is 0 Å². The minimum absolute atomic E-state index is 0.240. The SMILES string of the molecule is CCOCC(C)N(C(=O)NC)C(C=O)C(=O)C=Cc1ccccc1. The van der Waals surface area contributed by atoms with E-state index >= 15 is 0 Å². The Labute approximate surface area is 142 Å². The summed E-state index contributed by atoms with van der Waals surface area (Å²) in [6, 6.07) is 7.14. The van der Waals surface area contributed by atoms with Crippen molar-refractivity contribution >= 4 is 24.2 Å². The van der Waals surface area contributed by atoms with Crippen LogP contribution in [0.3, 0.4) is 0 Å². The third-order valence-electron chi connectivity index (χ3n) is 3.45. The summed E-state index contributed by atoms with van der Waals surface area (Å²) in [4.78, 5) is 37.2. The van der Waals surface area contributed by atoms with Crippen molar-refractivity contribution in [2.45, 2.75) is 25.9 Å². The van der Waals surface area contributed by atoms with Gasteiger partial charge < -0.3 is 19.7 Å². The van der Waals surface area contributed by atoms with Gasteiger partial charge in [0.2, 0.25) is 0 Å². The van der Waals surface area contributed by atoms with E-state index in [0.29, 0.717) is 12.9 Å². The second-order valence-electron chi connectivity index (χ2n) is 5.20. The predicted octanol–water partition coefficient (Wildman–Crippen LogP) is 1.90. The number of nitrogens with zero attached hydrogens (tertiary/aromatic N) is 1. The maximum absolute atomic E-state index is 12.4. The molecule has 0 fully saturated rings. The maximum Gasteiger partial charge on any atom is 0.318 e. The molecule has 1 N–H and O–H groups in total. The highest BCUT2D eigenvalue weighted by Crippen LogP contribution is 2.09. The number of urea groups is 1. The van der Waals surface area contributed by atoms with Crippen LogP contribution in [0.15, 0.2) is 36.4 Å². The largest absolute Gasteiger partial charge is 0.380 e. The summed E-state index contributed by atoms with van der Waals surface area (Å²) in [6.07, 6.45) is 3.42. The highest BCUT2D eigenvalue weighted by atomic mass is 16.5. The second kappa shape index (κ2) is 10.3. The zero-order chi connectivity index (χ0) is 17.9. The first kappa shape index (κ1) is 19.6. The Kier molecular flexibility index (Phi) is 8.43. The van der Waals surface area contributed by atoms with E-state index < -0.39 is 23.9 Å². The number of carbonyl (C=O) groups excluding carboxylic acids is 3. The summed E-state index contributed by atoms with van der Waals surface area (Å²) in [5.41, 5.74) is 0.837. The number of ketones is 1. The van der Waals surface area contributed by atoms with Crippen LogP contribution in [0, 0.1) is 0 Å². The molecule has 1 aromatic rings. The molecule has 1 aromatic carbocycles. The molecule has 130 valence electrons. The molecular weight excluding hydrogens is 308 g/mol. The fraction of sp³-hybridized carbons (Fsp3) is 0.389. The van der Waals surface area contributed by atoms with Crippen molar-refractivity contribution in [3.8, 4) is 0 Å². The van der Waals surface area contributed by atoms with Gasteiger partial charge in [0.25, 0.3) is 0 Å². The van der Waals surface area contributed by atoms with Crippen molar-refractivity contribution in [1.29, 1.82) is 0 Å². The first-order valence-electron chi connectivity index (χ1n) is 7.85. The highest BCUT2D eigenvalue weighted by Gasteiger charge is 2.31. The molecule has 0 aliphatic heterocycles. The van der Waals surface area contributed by atoms with Crippen LogP contribution in [0.4, 0.5) is 4.79 Å². The predicted molar refractivity (Wildman–Crippen MR) is 92.6 cm³/mol. The smallest absolute Gasteiger partial charge is 0.318 e. The van der Waals surface area contributed by atoms with Gasteiger partial charge in [-0.2, -0.15) is 0 Å². The quantitative estimate of drug-likeness (QED) is 0.426. The van der Waals surface area contributed by atoms with Crippen LogP contribution < -0.4 is 5.32 Å². The van der Waals surface area contributed by atoms with Gasteiger partial charge >= 0.3 is 6.03 Å². The van der Waals surface area contributed by atoms with Gasteiger partial charge in [-0.25, -0.2) is 4.79 Å². The molecule has 2 amide bonds. The van der Waals surface area contributed by atoms with E-state index in [1.807, 2.05) is 37.3 Å². The maximum atomic E-state index is 12.4. The van der Waals surface area contributed by atoms with Gasteiger partial charge in [-0.1, -0.05) is 36.4 Å². The van der Waals surface area contributed by atoms with E-state index in [1.54, 1.807) is 13.0 Å². The summed E-state index contributed by atoms with van der Waals surface area (Å²) in [5, 5.41) is 2.46. The molecule has 1 rings (SSSR count). The van der Waals surface area contributed by atoms with Gasteiger partial charge in [0.05, 0.1) is 12.6 Å². The number of aldehydes is 1. The van der Waals surface area contributed by atoms with E-state index in [1.165, 1.54) is 18.0 Å². The van der Waals surface area contributed by atoms with Crippen molar-refractivity contribution in [1.82, 2.24) is 10.2 Å². The van der Waals surface area contributed by atoms with Gasteiger partial charge in [-0.05, 0) is 25.5 Å². The van der Waals surface area contributed by atoms with Crippen molar-refractivity contribution in [3.05, 3.63) is 42.0 Å². The van der Waals surface area contributed by atoms with Crippen LogP contribution in [0.1, 0.15) is 19.4 Å². The Hall–Kier alpha value is -2.47. The lowest BCUT2D eigenvalue weighted by molar-refractivity contribution is -0.125. The number of ether oxygens (including phenoxy) is 1. The summed E-state index contributed by atoms with van der Waals surface area (Å²) in [5.74, 6) is -0.458. The van der Waals surface area contributed by atoms with Crippen molar-refractivity contribution in [2.24, 2.45) is 0 Å². The Morgan fingerprint density at radius 2 is 1.96 bits per heavy atom. The number of benzene rings is 1. The molecule has 0 aliphatic carbocycles. The zero-order valence-corrected chi connectivity index (χ0v) is 14.3. The molecule has 0 radical (unpaired) electrons. The Morgan fingerprint density at radius 1 is 1.29 bits per heavy atom. The third kappa shape index (κ3) is 5.62. The molecule has 6 nitrogen and oxygen atoms in total. The van der Waals surface area contributed by atoms with Crippen LogP contribution in [0.5, 0.6) is 0 Å². The third-order valence-corrected chi connectivity index (χ3v) is 3.45. The number of rotatable bonds is 9. The fourth-order valence-electron chi connectivity index (χ4n) is 2.21. The van der Waals surface area contributed by atoms with Crippen LogP contribution >= 0.6 is 0 Å². The molecule has 0 aromatic heterocycles. The number of amides is 2. The van der Waals surface area contributed by atoms with E-state index in [9.17, 15) is 14.4 Å². The standard InChI is InChI=1S/C18H24N2O4/c1-4-24-13-14(2)20(18(23)19-3)16(12-21)17(22)11-10-15-8-6-5-7-9-15/h5-12,14,16H,4,13H2,1-3H3,(H,19,23). The van der Waals surface area contributed by atoms with E-state index in [4.69, 9.17) is 4.74 Å². The summed E-state index contributed by atoms with van der Waals surface area (Å²) >= 11 is 0. The number of hydrogen-bond donors (Lipinski definition) is 1. The molecule has 6 heteroatoms. The molecule has 0 saturated heterocycles. The molecule has 0 heterocycles. The molecule has 2 atom stereocenters. The average molecular weight is 332 g/mol. The lowest BCUT2D eigenvalue weighted by Crippen LogP contribution is -2.54. The van der Waals surface area contributed by atoms with Crippen molar-refractivity contribution < 1.29 is 19.1 Å². The van der Waals surface area contributed by atoms with Gasteiger partial charge in [0, 0.05) is 13.7 Å².